The third kappa shape index (κ3) is 7.20. The first-order valence-electron chi connectivity index (χ1n) is 21.1. The predicted molar refractivity (Wildman–Crippen MR) is 202 cm³/mol. The molecule has 0 aromatic heterocycles. The minimum atomic E-state index is -0.704. The topological polar surface area (TPSA) is 113 Å². The Morgan fingerprint density at radius 2 is 1.63 bits per heavy atom. The van der Waals surface area contributed by atoms with E-state index < -0.39 is 12.1 Å². The zero-order valence-electron chi connectivity index (χ0n) is 32.2. The number of carbonyl (C=O) groups excluding carboxylic acids is 3. The van der Waals surface area contributed by atoms with Gasteiger partial charge in [-0.2, -0.15) is 0 Å². The molecule has 0 radical (unpaired) electrons. The van der Waals surface area contributed by atoms with E-state index in [4.69, 9.17) is 0 Å². The van der Waals surface area contributed by atoms with E-state index in [1.165, 1.54) is 19.3 Å². The minimum Gasteiger partial charge on any atom is -0.393 e. The summed E-state index contributed by atoms with van der Waals surface area (Å²) in [5.41, 5.74) is 1.25. The lowest BCUT2D eigenvalue weighted by atomic mass is 9.44. The van der Waals surface area contributed by atoms with Crippen LogP contribution in [0.25, 0.3) is 0 Å². The molecule has 3 amide bonds. The second-order valence-corrected chi connectivity index (χ2v) is 18.2. The number of carbonyl (C=O) groups is 3. The van der Waals surface area contributed by atoms with Crippen LogP contribution in [0.2, 0.25) is 0 Å². The number of aliphatic hydroxyl groups is 2. The van der Waals surface area contributed by atoms with Crippen LogP contribution in [0.4, 0.5) is 0 Å². The fourth-order valence-electron chi connectivity index (χ4n) is 12.4. The molecule has 1 aromatic carbocycles. The number of piperazine rings is 1. The molecule has 52 heavy (non-hydrogen) atoms. The highest BCUT2D eigenvalue weighted by molar-refractivity contribution is 5.92. The first kappa shape index (κ1) is 37.8. The minimum absolute atomic E-state index is 0.0429. The molecule has 2 saturated heterocycles. The summed E-state index contributed by atoms with van der Waals surface area (Å²) in [6.45, 7) is 10.2. The van der Waals surface area contributed by atoms with Crippen LogP contribution in [0.1, 0.15) is 116 Å². The Hall–Kier alpha value is -2.49. The Morgan fingerprint density at radius 3 is 2.38 bits per heavy atom. The average molecular weight is 719 g/mol. The van der Waals surface area contributed by atoms with Crippen molar-refractivity contribution in [1.29, 1.82) is 0 Å². The van der Waals surface area contributed by atoms with E-state index in [0.717, 1.165) is 63.4 Å². The van der Waals surface area contributed by atoms with E-state index in [0.29, 0.717) is 75.7 Å². The first-order valence-corrected chi connectivity index (χ1v) is 21.1. The van der Waals surface area contributed by atoms with Gasteiger partial charge < -0.3 is 25.3 Å². The number of rotatable bonds is 10. The van der Waals surface area contributed by atoms with Gasteiger partial charge in [-0.3, -0.25) is 19.3 Å². The highest BCUT2D eigenvalue weighted by Crippen LogP contribution is 2.66. The maximum Gasteiger partial charge on any atom is 0.245 e. The van der Waals surface area contributed by atoms with Crippen molar-refractivity contribution < 1.29 is 24.6 Å². The van der Waals surface area contributed by atoms with Crippen molar-refractivity contribution in [1.82, 2.24) is 20.0 Å². The molecule has 6 fully saturated rings. The number of hydrogen-bond donors (Lipinski definition) is 3. The molecular weight excluding hydrogens is 652 g/mol. The smallest absolute Gasteiger partial charge is 0.245 e. The number of benzene rings is 1. The number of nitrogens with one attached hydrogen (secondary N) is 1. The first-order chi connectivity index (χ1) is 25.0. The summed E-state index contributed by atoms with van der Waals surface area (Å²) in [4.78, 5) is 47.2. The van der Waals surface area contributed by atoms with Gasteiger partial charge in [0.1, 0.15) is 12.1 Å². The van der Waals surface area contributed by atoms with Gasteiger partial charge in [-0.15, -0.1) is 0 Å². The van der Waals surface area contributed by atoms with Gasteiger partial charge in [0.25, 0.3) is 0 Å². The Balaban J connectivity index is 0.998. The summed E-state index contributed by atoms with van der Waals surface area (Å²) in [6.07, 6.45) is 13.4. The van der Waals surface area contributed by atoms with Crippen molar-refractivity contribution in [2.24, 2.45) is 34.5 Å². The van der Waals surface area contributed by atoms with Gasteiger partial charge in [0.05, 0.1) is 12.2 Å². The molecule has 11 atom stereocenters. The normalized spacial score (nSPS) is 38.2. The SMILES string of the molecule is CCCCCC(=O)N1CCC[C@H]1C(=O)N[C@@H](Cc1ccccc1)C(=O)N1CCN([C@H]2C[C@@]3(C)[C@@H](CC[C@@H]4[C@@H]3CC[C@]3(C)[C@@H](O)CC[C@@H]43)C[C@@H]2O)CC1. The molecule has 4 saturated carbocycles. The summed E-state index contributed by atoms with van der Waals surface area (Å²) in [7, 11) is 0. The van der Waals surface area contributed by atoms with E-state index in [1.807, 2.05) is 35.2 Å². The number of aliphatic hydroxyl groups excluding tert-OH is 2. The second-order valence-electron chi connectivity index (χ2n) is 18.2. The van der Waals surface area contributed by atoms with Crippen molar-refractivity contribution >= 4 is 17.7 Å². The zero-order chi connectivity index (χ0) is 36.6. The molecule has 288 valence electrons. The van der Waals surface area contributed by atoms with Crippen LogP contribution in [0.5, 0.6) is 0 Å². The van der Waals surface area contributed by atoms with Crippen molar-refractivity contribution in [3.63, 3.8) is 0 Å². The maximum atomic E-state index is 14.3. The molecule has 9 heteroatoms. The summed E-state index contributed by atoms with van der Waals surface area (Å²) < 4.78 is 0. The molecule has 2 aliphatic heterocycles. The molecule has 7 rings (SSSR count). The van der Waals surface area contributed by atoms with Crippen LogP contribution in [-0.2, 0) is 20.8 Å². The van der Waals surface area contributed by atoms with Gasteiger partial charge >= 0.3 is 0 Å². The molecule has 6 aliphatic rings. The molecule has 0 unspecified atom stereocenters. The van der Waals surface area contributed by atoms with Gasteiger partial charge in [-0.25, -0.2) is 0 Å². The maximum absolute atomic E-state index is 14.3. The highest BCUT2D eigenvalue weighted by atomic mass is 16.3. The second kappa shape index (κ2) is 15.7. The van der Waals surface area contributed by atoms with Gasteiger partial charge in [0, 0.05) is 51.6 Å². The van der Waals surface area contributed by atoms with Gasteiger partial charge in [-0.1, -0.05) is 63.9 Å². The van der Waals surface area contributed by atoms with Crippen molar-refractivity contribution in [3.05, 3.63) is 35.9 Å². The van der Waals surface area contributed by atoms with Crippen LogP contribution < -0.4 is 5.32 Å². The Kier molecular flexibility index (Phi) is 11.4. The number of amides is 3. The fourth-order valence-corrected chi connectivity index (χ4v) is 12.4. The summed E-state index contributed by atoms with van der Waals surface area (Å²) in [5, 5.41) is 25.7. The summed E-state index contributed by atoms with van der Waals surface area (Å²) >= 11 is 0. The van der Waals surface area contributed by atoms with E-state index in [1.54, 1.807) is 4.90 Å². The van der Waals surface area contributed by atoms with Gasteiger partial charge in [0.2, 0.25) is 17.7 Å². The third-order valence-electron chi connectivity index (χ3n) is 15.5. The summed E-state index contributed by atoms with van der Waals surface area (Å²) in [5.74, 6) is 2.25. The highest BCUT2D eigenvalue weighted by Gasteiger charge is 2.61. The van der Waals surface area contributed by atoms with E-state index >= 15 is 0 Å². The molecule has 2 heterocycles. The fraction of sp³-hybridized carbons (Fsp3) is 0.791. The Morgan fingerprint density at radius 1 is 0.885 bits per heavy atom. The summed E-state index contributed by atoms with van der Waals surface area (Å²) in [6, 6.07) is 8.74. The number of likely N-dealkylation sites (tertiary alicyclic amines) is 1. The number of nitrogens with zero attached hydrogens (tertiary/aromatic N) is 3. The number of unbranched alkanes of at least 4 members (excludes halogenated alkanes) is 2. The van der Waals surface area contributed by atoms with Gasteiger partial charge in [0.15, 0.2) is 0 Å². The molecule has 4 aliphatic carbocycles. The Bertz CT molecular complexity index is 1420. The lowest BCUT2D eigenvalue weighted by molar-refractivity contribution is -0.157. The monoisotopic (exact) mass is 719 g/mol. The zero-order valence-corrected chi connectivity index (χ0v) is 32.2. The van der Waals surface area contributed by atoms with Crippen LogP contribution in [0.3, 0.4) is 0 Å². The quantitative estimate of drug-likeness (QED) is 0.288. The van der Waals surface area contributed by atoms with Crippen LogP contribution in [0.15, 0.2) is 30.3 Å². The predicted octanol–water partition coefficient (Wildman–Crippen LogP) is 5.17. The lowest BCUT2D eigenvalue weighted by Gasteiger charge is -2.62. The lowest BCUT2D eigenvalue weighted by Crippen LogP contribution is -2.63. The van der Waals surface area contributed by atoms with Crippen LogP contribution in [0, 0.1) is 34.5 Å². The molecule has 1 aromatic rings. The van der Waals surface area contributed by atoms with E-state index in [-0.39, 0.29) is 46.8 Å². The van der Waals surface area contributed by atoms with Crippen molar-refractivity contribution in [3.8, 4) is 0 Å². The largest absolute Gasteiger partial charge is 0.393 e. The molecular formula is C43H66N4O5. The third-order valence-corrected chi connectivity index (χ3v) is 15.5. The van der Waals surface area contributed by atoms with Crippen LogP contribution in [-0.4, -0.2) is 106 Å². The van der Waals surface area contributed by atoms with E-state index in [2.05, 4.69) is 31.0 Å². The van der Waals surface area contributed by atoms with Crippen LogP contribution >= 0.6 is 0 Å². The average Bonchev–Trinajstić information content (AvgIpc) is 3.76. The number of hydrogen-bond acceptors (Lipinski definition) is 6. The molecule has 3 N–H and O–H groups in total. The number of fused-ring (bicyclic) bond motifs is 5. The molecule has 9 nitrogen and oxygen atoms in total. The Labute approximate surface area is 312 Å². The molecule has 0 bridgehead atoms. The standard InChI is InChI=1S/C43H66N4O5/c1-4-5-7-14-39(50)47-21-10-13-35(47)40(51)44-34(26-29-11-8-6-9-12-29)41(52)46-24-22-45(23-25-46)36-28-43(3)30(27-37(36)48)15-16-31-32-17-18-38(49)42(32,2)20-19-33(31)43/h6,8-9,11-12,30-38,48-49H,4-5,7,10,13-28H2,1-3H3,(H,44,51)/t30-,31-,32-,33-,34-,35-,36-,37-,38-,42-,43-/m0/s1. The van der Waals surface area contributed by atoms with Crippen molar-refractivity contribution in [2.75, 3.05) is 32.7 Å². The van der Waals surface area contributed by atoms with E-state index in [9.17, 15) is 24.6 Å². The van der Waals surface area contributed by atoms with Crippen molar-refractivity contribution in [2.45, 2.75) is 147 Å². The van der Waals surface area contributed by atoms with Gasteiger partial charge in [-0.05, 0) is 111 Å². The molecule has 0 spiro atoms.